The number of nitrogens with zero attached hydrogens (tertiary/aromatic N) is 1. The van der Waals surface area contributed by atoms with Crippen molar-refractivity contribution in [1.82, 2.24) is 9.62 Å². The van der Waals surface area contributed by atoms with E-state index in [1.54, 1.807) is 12.0 Å². The number of hydrogen-bond acceptors (Lipinski definition) is 5. The molecule has 0 aromatic heterocycles. The predicted molar refractivity (Wildman–Crippen MR) is 74.9 cm³/mol. The predicted octanol–water partition coefficient (Wildman–Crippen LogP) is -1.62. The van der Waals surface area contributed by atoms with E-state index in [0.29, 0.717) is 26.1 Å². The lowest BCUT2D eigenvalue weighted by Crippen LogP contribution is -2.50. The minimum atomic E-state index is -3.68. The van der Waals surface area contributed by atoms with Crippen molar-refractivity contribution in [3.05, 3.63) is 0 Å². The average molecular weight is 308 g/mol. The van der Waals surface area contributed by atoms with Gasteiger partial charge < -0.3 is 15.4 Å². The molecular weight excluding hydrogens is 284 g/mol. The Labute approximate surface area is 120 Å². The topological polar surface area (TPSA) is 128 Å². The van der Waals surface area contributed by atoms with Crippen LogP contribution in [0.15, 0.2) is 0 Å². The Kier molecular flexibility index (Phi) is 6.83. The Balaban J connectivity index is 2.45. The van der Waals surface area contributed by atoms with E-state index in [-0.39, 0.29) is 18.4 Å². The third kappa shape index (κ3) is 6.14. The third-order valence-electron chi connectivity index (χ3n) is 3.35. The van der Waals surface area contributed by atoms with Crippen molar-refractivity contribution in [2.45, 2.75) is 25.3 Å². The van der Waals surface area contributed by atoms with Crippen molar-refractivity contribution in [3.8, 4) is 0 Å². The van der Waals surface area contributed by atoms with Gasteiger partial charge in [0.25, 0.3) is 10.2 Å². The summed E-state index contributed by atoms with van der Waals surface area (Å²) in [4.78, 5) is 13.8. The Hall–Kier alpha value is -0.740. The number of piperidine rings is 1. The molecule has 9 heteroatoms. The summed E-state index contributed by atoms with van der Waals surface area (Å²) in [7, 11) is -2.12. The van der Waals surface area contributed by atoms with Gasteiger partial charge >= 0.3 is 0 Å². The van der Waals surface area contributed by atoms with E-state index in [2.05, 4.69) is 4.72 Å². The molecule has 118 valence electrons. The largest absolute Gasteiger partial charge is 0.385 e. The van der Waals surface area contributed by atoms with Crippen LogP contribution in [0, 0.1) is 5.92 Å². The summed E-state index contributed by atoms with van der Waals surface area (Å²) in [5, 5.41) is 4.90. The van der Waals surface area contributed by atoms with E-state index < -0.39 is 16.3 Å². The molecule has 1 aliphatic rings. The number of amides is 1. The highest BCUT2D eigenvalue weighted by molar-refractivity contribution is 7.87. The molecule has 2 atom stereocenters. The Morgan fingerprint density at radius 2 is 2.25 bits per heavy atom. The highest BCUT2D eigenvalue weighted by atomic mass is 32.2. The van der Waals surface area contributed by atoms with Gasteiger partial charge in [0, 0.05) is 33.4 Å². The van der Waals surface area contributed by atoms with Crippen molar-refractivity contribution >= 4 is 16.1 Å². The maximum absolute atomic E-state index is 12.1. The van der Waals surface area contributed by atoms with Crippen LogP contribution in [0.25, 0.3) is 0 Å². The minimum Gasteiger partial charge on any atom is -0.385 e. The number of carbonyl (C=O) groups excluding carboxylic acids is 1. The maximum atomic E-state index is 12.1. The van der Waals surface area contributed by atoms with Crippen LogP contribution in [0.2, 0.25) is 0 Å². The molecule has 1 fully saturated rings. The van der Waals surface area contributed by atoms with Crippen LogP contribution in [0.4, 0.5) is 0 Å². The molecule has 1 saturated heterocycles. The number of methoxy groups -OCH3 is 1. The number of carbonyl (C=O) groups is 1. The van der Waals surface area contributed by atoms with Crippen LogP contribution in [-0.4, -0.2) is 58.6 Å². The first-order chi connectivity index (χ1) is 9.33. The first kappa shape index (κ1) is 17.3. The molecular formula is C11H24N4O4S. The standard InChI is InChI=1S/C11H24N4O4S/c1-19-6-4-10(12)11(16)15-5-2-3-9(8-15)7-14-20(13,17)18/h9-10,14H,2-8,12H2,1H3,(H2,13,17,18). The summed E-state index contributed by atoms with van der Waals surface area (Å²) in [5.41, 5.74) is 5.82. The van der Waals surface area contributed by atoms with Crippen LogP contribution in [0.3, 0.4) is 0 Å². The lowest BCUT2D eigenvalue weighted by atomic mass is 9.97. The second-order valence-corrected chi connectivity index (χ2v) is 6.45. The molecule has 5 N–H and O–H groups in total. The van der Waals surface area contributed by atoms with Gasteiger partial charge in [-0.05, 0) is 25.2 Å². The summed E-state index contributed by atoms with van der Waals surface area (Å²) in [6.45, 7) is 1.85. The van der Waals surface area contributed by atoms with Gasteiger partial charge in [0.1, 0.15) is 0 Å². The molecule has 0 aliphatic carbocycles. The highest BCUT2D eigenvalue weighted by Crippen LogP contribution is 2.17. The molecule has 0 aromatic rings. The van der Waals surface area contributed by atoms with E-state index in [9.17, 15) is 13.2 Å². The molecule has 2 unspecified atom stereocenters. The number of nitrogens with one attached hydrogen (secondary N) is 1. The minimum absolute atomic E-state index is 0.0700. The lowest BCUT2D eigenvalue weighted by molar-refractivity contribution is -0.134. The van der Waals surface area contributed by atoms with Crippen molar-refractivity contribution < 1.29 is 17.9 Å². The summed E-state index contributed by atoms with van der Waals surface area (Å²) in [6.07, 6.45) is 2.17. The van der Waals surface area contributed by atoms with Gasteiger partial charge in [0.2, 0.25) is 5.91 Å². The third-order valence-corrected chi connectivity index (χ3v) is 3.92. The number of hydrogen-bond donors (Lipinski definition) is 3. The fraction of sp³-hybridized carbons (Fsp3) is 0.909. The van der Waals surface area contributed by atoms with Gasteiger partial charge in [0.15, 0.2) is 0 Å². The van der Waals surface area contributed by atoms with Crippen LogP contribution in [0.1, 0.15) is 19.3 Å². The summed E-state index contributed by atoms with van der Waals surface area (Å²) >= 11 is 0. The molecule has 0 spiro atoms. The summed E-state index contributed by atoms with van der Waals surface area (Å²) < 4.78 is 28.9. The highest BCUT2D eigenvalue weighted by Gasteiger charge is 2.27. The first-order valence-electron chi connectivity index (χ1n) is 6.64. The molecule has 0 saturated carbocycles. The molecule has 8 nitrogen and oxygen atoms in total. The van der Waals surface area contributed by atoms with Crippen LogP contribution < -0.4 is 15.6 Å². The summed E-state index contributed by atoms with van der Waals surface area (Å²) in [6, 6.07) is -0.570. The van der Waals surface area contributed by atoms with E-state index in [4.69, 9.17) is 15.6 Å². The van der Waals surface area contributed by atoms with Crippen LogP contribution in [-0.2, 0) is 19.7 Å². The fourth-order valence-electron chi connectivity index (χ4n) is 2.27. The first-order valence-corrected chi connectivity index (χ1v) is 8.19. The SMILES string of the molecule is COCCC(N)C(=O)N1CCCC(CNS(N)(=O)=O)C1. The second kappa shape index (κ2) is 7.89. The number of ether oxygens (including phenoxy) is 1. The van der Waals surface area contributed by atoms with Gasteiger partial charge in [-0.2, -0.15) is 8.42 Å². The molecule has 0 bridgehead atoms. The molecule has 1 heterocycles. The monoisotopic (exact) mass is 308 g/mol. The molecule has 0 radical (unpaired) electrons. The zero-order valence-corrected chi connectivity index (χ0v) is 12.6. The fourth-order valence-corrected chi connectivity index (χ4v) is 2.74. The number of likely N-dealkylation sites (tertiary alicyclic amines) is 1. The van der Waals surface area contributed by atoms with Gasteiger partial charge in [-0.15, -0.1) is 0 Å². The van der Waals surface area contributed by atoms with E-state index in [1.165, 1.54) is 0 Å². The van der Waals surface area contributed by atoms with Crippen molar-refractivity contribution in [1.29, 1.82) is 0 Å². The normalized spacial score (nSPS) is 21.8. The Morgan fingerprint density at radius 3 is 2.85 bits per heavy atom. The maximum Gasteiger partial charge on any atom is 0.274 e. The second-order valence-electron chi connectivity index (χ2n) is 5.07. The van der Waals surface area contributed by atoms with Crippen molar-refractivity contribution in [2.75, 3.05) is 33.4 Å². The molecule has 0 aromatic carbocycles. The van der Waals surface area contributed by atoms with Gasteiger partial charge in [0.05, 0.1) is 6.04 Å². The number of rotatable bonds is 7. The quantitative estimate of drug-likeness (QED) is 0.521. The van der Waals surface area contributed by atoms with Gasteiger partial charge in [-0.1, -0.05) is 0 Å². The van der Waals surface area contributed by atoms with E-state index in [1.807, 2.05) is 0 Å². The molecule has 20 heavy (non-hydrogen) atoms. The van der Waals surface area contributed by atoms with E-state index >= 15 is 0 Å². The summed E-state index contributed by atoms with van der Waals surface area (Å²) in [5.74, 6) is -0.0389. The van der Waals surface area contributed by atoms with Crippen molar-refractivity contribution in [2.24, 2.45) is 16.8 Å². The van der Waals surface area contributed by atoms with Crippen molar-refractivity contribution in [3.63, 3.8) is 0 Å². The smallest absolute Gasteiger partial charge is 0.274 e. The van der Waals surface area contributed by atoms with E-state index in [0.717, 1.165) is 12.8 Å². The zero-order chi connectivity index (χ0) is 15.2. The van der Waals surface area contributed by atoms with Gasteiger partial charge in [-0.3, -0.25) is 4.79 Å². The average Bonchev–Trinajstić information content (AvgIpc) is 2.41. The zero-order valence-electron chi connectivity index (χ0n) is 11.7. The molecule has 1 amide bonds. The Morgan fingerprint density at radius 1 is 1.55 bits per heavy atom. The van der Waals surface area contributed by atoms with Crippen LogP contribution >= 0.6 is 0 Å². The molecule has 1 rings (SSSR count). The number of nitrogens with two attached hydrogens (primary N) is 2. The molecule has 1 aliphatic heterocycles. The Bertz CT molecular complexity index is 415. The van der Waals surface area contributed by atoms with Gasteiger partial charge in [-0.25, -0.2) is 9.86 Å². The van der Waals surface area contributed by atoms with Crippen LogP contribution in [0.5, 0.6) is 0 Å². The lowest BCUT2D eigenvalue weighted by Gasteiger charge is -2.34.